The molecule has 2 atom stereocenters. The molecule has 154 valence electrons. The highest BCUT2D eigenvalue weighted by molar-refractivity contribution is 6.33. The number of allylic oxidation sites excluding steroid dienone is 1. The van der Waals surface area contributed by atoms with E-state index in [0.29, 0.717) is 0 Å². The predicted molar refractivity (Wildman–Crippen MR) is 117 cm³/mol. The van der Waals surface area contributed by atoms with Gasteiger partial charge < -0.3 is 0 Å². The van der Waals surface area contributed by atoms with Crippen LogP contribution in [0, 0.1) is 11.7 Å². The van der Waals surface area contributed by atoms with E-state index in [2.05, 4.69) is 15.0 Å². The molecule has 1 N–H and O–H groups in total. The number of dihydropyridines is 1. The Balaban J connectivity index is 2.08. The molecule has 3 heterocycles. The van der Waals surface area contributed by atoms with Crippen LogP contribution in [0.4, 0.5) is 4.39 Å². The highest BCUT2D eigenvalue weighted by atomic mass is 35.5. The van der Waals surface area contributed by atoms with Gasteiger partial charge in [-0.15, -0.1) is 0 Å². The smallest absolute Gasteiger partial charge is 0.287 e. The molecule has 4 rings (SSSR count). The van der Waals surface area contributed by atoms with E-state index >= 15 is 0 Å². The maximum absolute atomic E-state index is 14.4. The molecule has 0 radical (unpaired) electrons. The summed E-state index contributed by atoms with van der Waals surface area (Å²) in [5, 5.41) is 0.280. The molecule has 6 nitrogen and oxygen atoms in total. The third kappa shape index (κ3) is 3.29. The molecule has 2 aromatic heterocycles. The van der Waals surface area contributed by atoms with E-state index in [1.54, 1.807) is 24.4 Å². The molecule has 0 bridgehead atoms. The molecule has 1 aromatic carbocycles. The number of nitrogens with one attached hydrogen (secondary N) is 1. The maximum Gasteiger partial charge on any atom is 0.330 e. The number of H-pyrrole nitrogens is 1. The van der Waals surface area contributed by atoms with Gasteiger partial charge in [0.2, 0.25) is 0 Å². The van der Waals surface area contributed by atoms with E-state index in [0.717, 1.165) is 5.57 Å². The van der Waals surface area contributed by atoms with Crippen LogP contribution >= 0.6 is 11.6 Å². The lowest BCUT2D eigenvalue weighted by Crippen LogP contribution is -2.40. The molecule has 0 spiro atoms. The lowest BCUT2D eigenvalue weighted by atomic mass is 9.90. The Hall–Kier alpha value is -3.06. The van der Waals surface area contributed by atoms with Crippen LogP contribution in [0.1, 0.15) is 26.8 Å². The fourth-order valence-electron chi connectivity index (χ4n) is 3.85. The number of nitrogens with zero attached hydrogens (tertiary/aromatic N) is 3. The lowest BCUT2D eigenvalue weighted by Gasteiger charge is -2.32. The Morgan fingerprint density at radius 1 is 1.23 bits per heavy atom. The number of hydrogen-bond donors (Lipinski definition) is 1. The van der Waals surface area contributed by atoms with Gasteiger partial charge in [0.15, 0.2) is 5.65 Å². The third-order valence-electron chi connectivity index (χ3n) is 5.34. The average Bonchev–Trinajstić information content (AvgIpc) is 2.69. The highest BCUT2D eigenvalue weighted by Crippen LogP contribution is 2.34. The Bertz CT molecular complexity index is 1320. The van der Waals surface area contributed by atoms with Gasteiger partial charge in [0.25, 0.3) is 5.56 Å². The summed E-state index contributed by atoms with van der Waals surface area (Å²) in [6.07, 6.45) is 3.56. The second-order valence-electron chi connectivity index (χ2n) is 7.69. The minimum Gasteiger partial charge on any atom is -0.287 e. The van der Waals surface area contributed by atoms with Crippen LogP contribution in [-0.2, 0) is 0 Å². The second kappa shape index (κ2) is 7.65. The number of aliphatic imine (C=N–C) groups is 1. The zero-order valence-corrected chi connectivity index (χ0v) is 17.4. The van der Waals surface area contributed by atoms with E-state index in [1.165, 1.54) is 16.7 Å². The first-order valence-corrected chi connectivity index (χ1v) is 9.97. The topological polar surface area (TPSA) is 80.1 Å². The standard InChI is InChI=1S/C22H20ClFN4O2/c1-11(2)17-19(12(3)8-9-25-17)28-20-14(21(29)27-22(28)30)10-15(23)18(26-20)13-6-4-5-7-16(13)24/h4-11,17,19H,1-3H3,(H,27,29,30)/t17?,19-/m0/s1. The summed E-state index contributed by atoms with van der Waals surface area (Å²) >= 11 is 6.36. The Kier molecular flexibility index (Phi) is 5.15. The van der Waals surface area contributed by atoms with E-state index in [9.17, 15) is 14.0 Å². The number of aromatic amines is 1. The molecular formula is C22H20ClFN4O2. The zero-order valence-electron chi connectivity index (χ0n) is 16.7. The van der Waals surface area contributed by atoms with Crippen molar-refractivity contribution in [3.63, 3.8) is 0 Å². The van der Waals surface area contributed by atoms with Crippen molar-refractivity contribution in [2.24, 2.45) is 10.9 Å². The van der Waals surface area contributed by atoms with Crippen LogP contribution in [0.25, 0.3) is 22.3 Å². The number of aromatic nitrogens is 3. The normalized spacial score (nSPS) is 18.8. The molecule has 0 saturated carbocycles. The molecule has 0 fully saturated rings. The summed E-state index contributed by atoms with van der Waals surface area (Å²) in [6, 6.07) is 6.85. The van der Waals surface area contributed by atoms with E-state index in [1.807, 2.05) is 26.8 Å². The fraction of sp³-hybridized carbons (Fsp3) is 0.273. The summed E-state index contributed by atoms with van der Waals surface area (Å²) in [5.41, 5.74) is 0.224. The quantitative estimate of drug-likeness (QED) is 0.683. The Morgan fingerprint density at radius 2 is 1.97 bits per heavy atom. The van der Waals surface area contributed by atoms with Gasteiger partial charge in [-0.25, -0.2) is 14.2 Å². The first-order valence-electron chi connectivity index (χ1n) is 9.59. The van der Waals surface area contributed by atoms with Crippen LogP contribution in [0.15, 0.2) is 56.6 Å². The molecule has 8 heteroatoms. The predicted octanol–water partition coefficient (Wildman–Crippen LogP) is 4.14. The zero-order chi connectivity index (χ0) is 21.6. The van der Waals surface area contributed by atoms with Crippen molar-refractivity contribution in [3.8, 4) is 11.3 Å². The van der Waals surface area contributed by atoms with Crippen LogP contribution in [0.5, 0.6) is 0 Å². The summed E-state index contributed by atoms with van der Waals surface area (Å²) < 4.78 is 15.9. The highest BCUT2D eigenvalue weighted by Gasteiger charge is 2.31. The maximum atomic E-state index is 14.4. The minimum absolute atomic E-state index is 0.123. The van der Waals surface area contributed by atoms with E-state index in [-0.39, 0.29) is 39.3 Å². The fourth-order valence-corrected chi connectivity index (χ4v) is 4.11. The molecule has 0 aliphatic carbocycles. The van der Waals surface area contributed by atoms with Crippen LogP contribution in [0.2, 0.25) is 5.02 Å². The van der Waals surface area contributed by atoms with Crippen molar-refractivity contribution < 1.29 is 4.39 Å². The summed E-state index contributed by atoms with van der Waals surface area (Å²) in [6.45, 7) is 5.94. The van der Waals surface area contributed by atoms with Crippen molar-refractivity contribution in [2.45, 2.75) is 32.9 Å². The first kappa shape index (κ1) is 20.2. The number of fused-ring (bicyclic) bond motifs is 1. The monoisotopic (exact) mass is 426 g/mol. The number of hydrogen-bond acceptors (Lipinski definition) is 4. The Labute approximate surface area is 176 Å². The molecular weight excluding hydrogens is 407 g/mol. The van der Waals surface area contributed by atoms with E-state index in [4.69, 9.17) is 11.6 Å². The van der Waals surface area contributed by atoms with Crippen molar-refractivity contribution in [2.75, 3.05) is 0 Å². The number of pyridine rings is 1. The molecule has 0 amide bonds. The number of halogens is 2. The largest absolute Gasteiger partial charge is 0.330 e. The number of benzene rings is 1. The van der Waals surface area contributed by atoms with Gasteiger partial charge in [0.1, 0.15) is 5.82 Å². The van der Waals surface area contributed by atoms with E-state index < -0.39 is 23.1 Å². The summed E-state index contributed by atoms with van der Waals surface area (Å²) in [4.78, 5) is 36.9. The van der Waals surface area contributed by atoms with Crippen molar-refractivity contribution in [1.29, 1.82) is 0 Å². The molecule has 1 aliphatic heterocycles. The molecule has 1 aliphatic rings. The van der Waals surface area contributed by atoms with Gasteiger partial charge in [-0.2, -0.15) is 0 Å². The van der Waals surface area contributed by atoms with Gasteiger partial charge >= 0.3 is 5.69 Å². The van der Waals surface area contributed by atoms with Crippen molar-refractivity contribution >= 4 is 28.8 Å². The van der Waals surface area contributed by atoms with Gasteiger partial charge in [-0.3, -0.25) is 19.3 Å². The van der Waals surface area contributed by atoms with Crippen LogP contribution < -0.4 is 11.2 Å². The van der Waals surface area contributed by atoms with Gasteiger partial charge in [0.05, 0.1) is 28.2 Å². The number of rotatable bonds is 3. The summed E-state index contributed by atoms with van der Waals surface area (Å²) in [5.74, 6) is -0.370. The lowest BCUT2D eigenvalue weighted by molar-refractivity contribution is 0.370. The van der Waals surface area contributed by atoms with Gasteiger partial charge in [-0.05, 0) is 42.7 Å². The summed E-state index contributed by atoms with van der Waals surface area (Å²) in [7, 11) is 0. The molecule has 1 unspecified atom stereocenters. The SMILES string of the molecule is CC1=CC=NC(C(C)C)[C@H]1n1c(=O)[nH]c(=O)c2cc(Cl)c(-c3ccccc3F)nc21. The minimum atomic E-state index is -0.595. The average molecular weight is 427 g/mol. The second-order valence-corrected chi connectivity index (χ2v) is 8.09. The van der Waals surface area contributed by atoms with Gasteiger partial charge in [-0.1, -0.05) is 37.6 Å². The molecule has 30 heavy (non-hydrogen) atoms. The van der Waals surface area contributed by atoms with Gasteiger partial charge in [0, 0.05) is 11.8 Å². The molecule has 0 saturated heterocycles. The van der Waals surface area contributed by atoms with Crippen molar-refractivity contribution in [3.05, 3.63) is 73.7 Å². The third-order valence-corrected chi connectivity index (χ3v) is 5.63. The molecule has 3 aromatic rings. The Morgan fingerprint density at radius 3 is 2.67 bits per heavy atom. The van der Waals surface area contributed by atoms with Crippen LogP contribution in [-0.4, -0.2) is 26.8 Å². The van der Waals surface area contributed by atoms with Crippen molar-refractivity contribution in [1.82, 2.24) is 14.5 Å². The van der Waals surface area contributed by atoms with Crippen LogP contribution in [0.3, 0.4) is 0 Å². The first-order chi connectivity index (χ1) is 14.3.